The van der Waals surface area contributed by atoms with Gasteiger partial charge in [0.05, 0.1) is 16.6 Å². The summed E-state index contributed by atoms with van der Waals surface area (Å²) in [5, 5.41) is 3.33. The van der Waals surface area contributed by atoms with Crippen molar-refractivity contribution < 1.29 is 0 Å². The summed E-state index contributed by atoms with van der Waals surface area (Å²) in [5.41, 5.74) is 1.03. The van der Waals surface area contributed by atoms with Crippen LogP contribution in [0.4, 0.5) is 0 Å². The van der Waals surface area contributed by atoms with Crippen LogP contribution in [0.2, 0.25) is 0 Å². The molecular weight excluding hydrogens is 264 g/mol. The van der Waals surface area contributed by atoms with Crippen molar-refractivity contribution in [1.82, 2.24) is 9.88 Å². The van der Waals surface area contributed by atoms with Gasteiger partial charge in [-0.15, -0.1) is 22.9 Å². The Hall–Kier alpha value is -0.120. The van der Waals surface area contributed by atoms with Crippen LogP contribution in [0.15, 0.2) is 5.38 Å². The van der Waals surface area contributed by atoms with E-state index in [4.69, 9.17) is 11.6 Å². The Morgan fingerprint density at radius 1 is 1.17 bits per heavy atom. The van der Waals surface area contributed by atoms with Gasteiger partial charge in [0.15, 0.2) is 0 Å². The highest BCUT2D eigenvalue weighted by atomic mass is 35.5. The van der Waals surface area contributed by atoms with Gasteiger partial charge in [-0.3, -0.25) is 0 Å². The lowest BCUT2D eigenvalue weighted by Crippen LogP contribution is -2.25. The molecule has 0 spiro atoms. The first-order chi connectivity index (χ1) is 8.88. The fourth-order valence-corrected chi connectivity index (χ4v) is 3.57. The lowest BCUT2D eigenvalue weighted by atomic mass is 10.2. The Morgan fingerprint density at radius 3 is 2.61 bits per heavy atom. The van der Waals surface area contributed by atoms with Gasteiger partial charge < -0.3 is 4.90 Å². The number of hydrogen-bond donors (Lipinski definition) is 0. The van der Waals surface area contributed by atoms with E-state index in [1.165, 1.54) is 63.2 Å². The van der Waals surface area contributed by atoms with E-state index in [2.05, 4.69) is 15.3 Å². The molecule has 0 amide bonds. The Labute approximate surface area is 119 Å². The van der Waals surface area contributed by atoms with E-state index in [0.717, 1.165) is 12.1 Å². The van der Waals surface area contributed by atoms with Crippen LogP contribution in [-0.4, -0.2) is 29.5 Å². The predicted octanol–water partition coefficient (Wildman–Crippen LogP) is 4.08. The molecule has 0 bridgehead atoms. The van der Waals surface area contributed by atoms with Crippen LogP contribution in [0.25, 0.3) is 0 Å². The first-order valence-corrected chi connectivity index (χ1v) is 8.51. The van der Waals surface area contributed by atoms with Crippen LogP contribution in [0.3, 0.4) is 0 Å². The summed E-state index contributed by atoms with van der Waals surface area (Å²) >= 11 is 7.51. The van der Waals surface area contributed by atoms with E-state index in [9.17, 15) is 0 Å². The molecule has 0 aliphatic carbocycles. The summed E-state index contributed by atoms with van der Waals surface area (Å²) in [6.45, 7) is 3.90. The molecule has 1 fully saturated rings. The number of nitrogens with zero attached hydrogens (tertiary/aromatic N) is 2. The number of halogens is 1. The summed E-state index contributed by atoms with van der Waals surface area (Å²) in [6, 6.07) is 0. The molecule has 102 valence electrons. The highest BCUT2D eigenvalue weighted by molar-refractivity contribution is 7.09. The molecule has 1 aliphatic heterocycles. The van der Waals surface area contributed by atoms with Crippen molar-refractivity contribution in [3.8, 4) is 0 Å². The molecule has 4 heteroatoms. The van der Waals surface area contributed by atoms with Gasteiger partial charge in [-0.1, -0.05) is 12.8 Å². The van der Waals surface area contributed by atoms with Gasteiger partial charge in [0.1, 0.15) is 0 Å². The number of rotatable bonds is 6. The molecule has 18 heavy (non-hydrogen) atoms. The van der Waals surface area contributed by atoms with Crippen LogP contribution in [0, 0.1) is 0 Å². The minimum Gasteiger partial charge on any atom is -0.303 e. The molecule has 2 heterocycles. The summed E-state index contributed by atoms with van der Waals surface area (Å²) in [4.78, 5) is 7.14. The van der Waals surface area contributed by atoms with Crippen molar-refractivity contribution in [3.63, 3.8) is 0 Å². The number of alkyl halides is 1. The third kappa shape index (κ3) is 4.87. The van der Waals surface area contributed by atoms with Gasteiger partial charge in [0, 0.05) is 5.38 Å². The normalized spacial score (nSPS) is 17.8. The van der Waals surface area contributed by atoms with Crippen LogP contribution >= 0.6 is 22.9 Å². The molecule has 1 aromatic rings. The van der Waals surface area contributed by atoms with Crippen LogP contribution in [-0.2, 0) is 12.3 Å². The average molecular weight is 287 g/mol. The molecule has 1 aromatic heterocycles. The molecule has 0 atom stereocenters. The van der Waals surface area contributed by atoms with Crippen LogP contribution in [0.1, 0.15) is 49.2 Å². The number of aryl methyl sites for hydroxylation is 1. The monoisotopic (exact) mass is 286 g/mol. The minimum absolute atomic E-state index is 0.546. The van der Waals surface area contributed by atoms with E-state index in [-0.39, 0.29) is 0 Å². The average Bonchev–Trinajstić information content (AvgIpc) is 2.70. The zero-order chi connectivity index (χ0) is 12.6. The molecule has 0 N–H and O–H groups in total. The van der Waals surface area contributed by atoms with E-state index < -0.39 is 0 Å². The number of unbranched alkanes of at least 4 members (excludes halogenated alkanes) is 1. The third-order valence-corrected chi connectivity index (χ3v) is 4.78. The second-order valence-electron chi connectivity index (χ2n) is 5.08. The Kier molecular flexibility index (Phi) is 6.46. The molecule has 0 aromatic carbocycles. The number of thiazole rings is 1. The van der Waals surface area contributed by atoms with Crippen molar-refractivity contribution in [1.29, 1.82) is 0 Å². The lowest BCUT2D eigenvalue weighted by molar-refractivity contribution is 0.279. The zero-order valence-corrected chi connectivity index (χ0v) is 12.6. The van der Waals surface area contributed by atoms with Crippen molar-refractivity contribution in [2.75, 3.05) is 19.6 Å². The summed E-state index contributed by atoms with van der Waals surface area (Å²) < 4.78 is 0. The van der Waals surface area contributed by atoms with Gasteiger partial charge in [-0.2, -0.15) is 0 Å². The van der Waals surface area contributed by atoms with Gasteiger partial charge in [0.25, 0.3) is 0 Å². The number of likely N-dealkylation sites (tertiary alicyclic amines) is 1. The molecule has 1 aliphatic rings. The van der Waals surface area contributed by atoms with Gasteiger partial charge >= 0.3 is 0 Å². The second kappa shape index (κ2) is 8.13. The van der Waals surface area contributed by atoms with Crippen molar-refractivity contribution in [3.05, 3.63) is 16.1 Å². The van der Waals surface area contributed by atoms with E-state index in [1.807, 2.05) is 0 Å². The molecule has 0 unspecified atom stereocenters. The van der Waals surface area contributed by atoms with Crippen molar-refractivity contribution in [2.24, 2.45) is 0 Å². The highest BCUT2D eigenvalue weighted by Crippen LogP contribution is 2.15. The number of hydrogen-bond acceptors (Lipinski definition) is 3. The van der Waals surface area contributed by atoms with Crippen LogP contribution < -0.4 is 0 Å². The quantitative estimate of drug-likeness (QED) is 0.579. The molecular formula is C14H23ClN2S. The zero-order valence-electron chi connectivity index (χ0n) is 11.0. The summed E-state index contributed by atoms with van der Waals surface area (Å²) in [6.07, 6.45) is 9.32. The maximum atomic E-state index is 5.76. The molecule has 1 saturated heterocycles. The van der Waals surface area contributed by atoms with E-state index >= 15 is 0 Å². The third-order valence-electron chi connectivity index (χ3n) is 3.55. The summed E-state index contributed by atoms with van der Waals surface area (Å²) in [7, 11) is 0. The lowest BCUT2D eigenvalue weighted by Gasteiger charge is -2.19. The fourth-order valence-electron chi connectivity index (χ4n) is 2.50. The van der Waals surface area contributed by atoms with Gasteiger partial charge in [-0.05, 0) is 51.7 Å². The first-order valence-electron chi connectivity index (χ1n) is 7.10. The van der Waals surface area contributed by atoms with Crippen LogP contribution in [0.5, 0.6) is 0 Å². The topological polar surface area (TPSA) is 16.1 Å². The molecule has 0 radical (unpaired) electrons. The molecule has 0 saturated carbocycles. The van der Waals surface area contributed by atoms with Crippen molar-refractivity contribution in [2.45, 2.75) is 50.8 Å². The SMILES string of the molecule is ClCc1csc(CCCCN2CCCCCC2)n1. The molecule has 2 rings (SSSR count). The maximum absolute atomic E-state index is 5.76. The Bertz CT molecular complexity index is 332. The predicted molar refractivity (Wildman–Crippen MR) is 79.5 cm³/mol. The van der Waals surface area contributed by atoms with E-state index in [1.54, 1.807) is 11.3 Å². The van der Waals surface area contributed by atoms with E-state index in [0.29, 0.717) is 5.88 Å². The largest absolute Gasteiger partial charge is 0.303 e. The first kappa shape index (κ1) is 14.3. The Balaban J connectivity index is 1.60. The maximum Gasteiger partial charge on any atom is 0.0928 e. The highest BCUT2D eigenvalue weighted by Gasteiger charge is 2.08. The smallest absolute Gasteiger partial charge is 0.0928 e. The molecule has 2 nitrogen and oxygen atoms in total. The standard InChI is InChI=1S/C14H23ClN2S/c15-11-13-12-18-14(16-13)7-3-6-10-17-8-4-1-2-5-9-17/h12H,1-11H2. The second-order valence-corrected chi connectivity index (χ2v) is 6.29. The summed E-state index contributed by atoms with van der Waals surface area (Å²) in [5.74, 6) is 0.546. The Morgan fingerprint density at radius 2 is 1.94 bits per heavy atom. The minimum atomic E-state index is 0.546. The van der Waals surface area contributed by atoms with Gasteiger partial charge in [0.2, 0.25) is 0 Å². The van der Waals surface area contributed by atoms with Crippen molar-refractivity contribution >= 4 is 22.9 Å². The fraction of sp³-hybridized carbons (Fsp3) is 0.786. The van der Waals surface area contributed by atoms with Gasteiger partial charge in [-0.25, -0.2) is 4.98 Å². The number of aromatic nitrogens is 1.